The van der Waals surface area contributed by atoms with Gasteiger partial charge in [-0.05, 0) is 49.7 Å². The second-order valence-corrected chi connectivity index (χ2v) is 8.70. The second kappa shape index (κ2) is 8.97. The van der Waals surface area contributed by atoms with E-state index in [2.05, 4.69) is 20.0 Å². The fourth-order valence-corrected chi connectivity index (χ4v) is 4.97. The Balaban J connectivity index is 0.00000272. The number of anilines is 1. The third-order valence-corrected chi connectivity index (χ3v) is 6.37. The third kappa shape index (κ3) is 4.46. The lowest BCUT2D eigenvalue weighted by Crippen LogP contribution is -3.00. The molecular formula is C24H28ClFN2O3. The summed E-state index contributed by atoms with van der Waals surface area (Å²) in [5.74, 6) is -0.488. The van der Waals surface area contributed by atoms with E-state index < -0.39 is 0 Å². The molecule has 2 aromatic rings. The fourth-order valence-electron chi connectivity index (χ4n) is 4.97. The first kappa shape index (κ1) is 23.2. The molecule has 3 unspecified atom stereocenters. The van der Waals surface area contributed by atoms with Gasteiger partial charge < -0.3 is 26.5 Å². The van der Waals surface area contributed by atoms with Gasteiger partial charge in [-0.3, -0.25) is 4.79 Å². The maximum atomic E-state index is 13.4. The number of halogens is 2. The second-order valence-electron chi connectivity index (χ2n) is 8.70. The summed E-state index contributed by atoms with van der Waals surface area (Å²) in [7, 11) is 2.09. The summed E-state index contributed by atoms with van der Waals surface area (Å²) < 4.78 is 19.1. The number of aryl methyl sites for hydroxylation is 1. The molecule has 166 valence electrons. The minimum absolute atomic E-state index is 0. The molecule has 31 heavy (non-hydrogen) atoms. The maximum Gasteiger partial charge on any atom is 0.361 e. The number of fused-ring (bicyclic) bond motifs is 3. The number of hydrogen-bond donors (Lipinski definition) is 0. The van der Waals surface area contributed by atoms with Gasteiger partial charge >= 0.3 is 5.97 Å². The van der Waals surface area contributed by atoms with E-state index in [1.165, 1.54) is 12.1 Å². The number of carbonyl (C=O) groups is 2. The van der Waals surface area contributed by atoms with E-state index in [1.54, 1.807) is 12.1 Å². The molecule has 0 bridgehead atoms. The fraction of sp³-hybridized carbons (Fsp3) is 0.417. The summed E-state index contributed by atoms with van der Waals surface area (Å²) in [4.78, 5) is 27.5. The SMILES string of the molecule is CCOC(=O)C[N+]1(C)CCC2C(C1)c1cc(C)ccc1N2C(=O)c1ccc(F)cc1.[Cl-]. The average Bonchev–Trinajstić information content (AvgIpc) is 3.00. The summed E-state index contributed by atoms with van der Waals surface area (Å²) in [5, 5.41) is 0. The van der Waals surface area contributed by atoms with Gasteiger partial charge in [-0.25, -0.2) is 9.18 Å². The molecule has 7 heteroatoms. The average molecular weight is 447 g/mol. The van der Waals surface area contributed by atoms with E-state index >= 15 is 0 Å². The molecule has 5 nitrogen and oxygen atoms in total. The number of likely N-dealkylation sites (N-methyl/N-ethyl adjacent to an activating group) is 1. The minimum Gasteiger partial charge on any atom is -1.00 e. The first-order chi connectivity index (χ1) is 14.3. The number of quaternary nitrogens is 1. The van der Waals surface area contributed by atoms with Gasteiger partial charge in [0.15, 0.2) is 6.54 Å². The van der Waals surface area contributed by atoms with Crippen LogP contribution in [0.3, 0.4) is 0 Å². The number of nitrogens with zero attached hydrogens (tertiary/aromatic N) is 2. The number of likely N-dealkylation sites (tertiary alicyclic amines) is 1. The molecule has 0 aliphatic carbocycles. The lowest BCUT2D eigenvalue weighted by molar-refractivity contribution is -0.908. The van der Waals surface area contributed by atoms with Gasteiger partial charge in [0.2, 0.25) is 0 Å². The highest BCUT2D eigenvalue weighted by atomic mass is 35.5. The van der Waals surface area contributed by atoms with Gasteiger partial charge in [0, 0.05) is 17.7 Å². The van der Waals surface area contributed by atoms with Crippen LogP contribution in [0.2, 0.25) is 0 Å². The summed E-state index contributed by atoms with van der Waals surface area (Å²) >= 11 is 0. The first-order valence-corrected chi connectivity index (χ1v) is 10.5. The van der Waals surface area contributed by atoms with Gasteiger partial charge in [-0.15, -0.1) is 0 Å². The predicted octanol–water partition coefficient (Wildman–Crippen LogP) is 0.664. The molecule has 2 heterocycles. The molecule has 0 saturated carbocycles. The zero-order chi connectivity index (χ0) is 21.5. The van der Waals surface area contributed by atoms with E-state index in [0.717, 1.165) is 36.3 Å². The summed E-state index contributed by atoms with van der Waals surface area (Å²) in [6.45, 7) is 6.15. The van der Waals surface area contributed by atoms with Crippen LogP contribution < -0.4 is 17.3 Å². The van der Waals surface area contributed by atoms with Gasteiger partial charge in [0.05, 0.1) is 38.7 Å². The zero-order valence-corrected chi connectivity index (χ0v) is 18.9. The predicted molar refractivity (Wildman–Crippen MR) is 113 cm³/mol. The van der Waals surface area contributed by atoms with Crippen molar-refractivity contribution in [1.29, 1.82) is 0 Å². The Labute approximate surface area is 188 Å². The van der Waals surface area contributed by atoms with Crippen molar-refractivity contribution in [3.8, 4) is 0 Å². The molecule has 2 aliphatic rings. The van der Waals surface area contributed by atoms with E-state index in [4.69, 9.17) is 4.74 Å². The van der Waals surface area contributed by atoms with E-state index in [-0.39, 0.29) is 42.1 Å². The topological polar surface area (TPSA) is 46.6 Å². The monoisotopic (exact) mass is 446 g/mol. The Morgan fingerprint density at radius 2 is 1.90 bits per heavy atom. The highest BCUT2D eigenvalue weighted by molar-refractivity contribution is 6.08. The van der Waals surface area contributed by atoms with E-state index in [9.17, 15) is 14.0 Å². The molecule has 2 aliphatic heterocycles. The number of rotatable bonds is 4. The first-order valence-electron chi connectivity index (χ1n) is 10.5. The number of ether oxygens (including phenoxy) is 1. The molecule has 1 amide bonds. The largest absolute Gasteiger partial charge is 1.00 e. The molecule has 0 spiro atoms. The smallest absolute Gasteiger partial charge is 0.361 e. The molecule has 0 aromatic heterocycles. The van der Waals surface area contributed by atoms with Crippen molar-refractivity contribution in [2.45, 2.75) is 32.2 Å². The summed E-state index contributed by atoms with van der Waals surface area (Å²) in [6, 6.07) is 12.0. The van der Waals surface area contributed by atoms with Crippen molar-refractivity contribution >= 4 is 17.6 Å². The maximum absolute atomic E-state index is 13.4. The van der Waals surface area contributed by atoms with Gasteiger partial charge in [-0.2, -0.15) is 0 Å². The number of amides is 1. The Morgan fingerprint density at radius 3 is 2.58 bits per heavy atom. The number of carbonyl (C=O) groups excluding carboxylic acids is 2. The summed E-state index contributed by atoms with van der Waals surface area (Å²) in [5.41, 5.74) is 3.71. The molecule has 1 saturated heterocycles. The molecule has 0 radical (unpaired) electrons. The molecule has 3 atom stereocenters. The Morgan fingerprint density at radius 1 is 1.19 bits per heavy atom. The molecule has 2 aromatic carbocycles. The third-order valence-electron chi connectivity index (χ3n) is 6.37. The van der Waals surface area contributed by atoms with Crippen molar-refractivity contribution in [3.05, 3.63) is 65.0 Å². The van der Waals surface area contributed by atoms with Crippen LogP contribution in [0.5, 0.6) is 0 Å². The van der Waals surface area contributed by atoms with Crippen LogP contribution in [0.15, 0.2) is 42.5 Å². The molecular weight excluding hydrogens is 419 g/mol. The zero-order valence-electron chi connectivity index (χ0n) is 18.1. The van der Waals surface area contributed by atoms with Gasteiger partial charge in [0.25, 0.3) is 5.91 Å². The Kier molecular flexibility index (Phi) is 6.72. The quantitative estimate of drug-likeness (QED) is 0.512. The highest BCUT2D eigenvalue weighted by Crippen LogP contribution is 2.46. The van der Waals surface area contributed by atoms with Gasteiger partial charge in [0.1, 0.15) is 5.82 Å². The van der Waals surface area contributed by atoms with E-state index in [0.29, 0.717) is 23.2 Å². The van der Waals surface area contributed by atoms with Crippen molar-refractivity contribution < 1.29 is 35.6 Å². The lowest BCUT2D eigenvalue weighted by atomic mass is 9.87. The van der Waals surface area contributed by atoms with Crippen molar-refractivity contribution in [2.75, 3.05) is 38.2 Å². The number of benzene rings is 2. The lowest BCUT2D eigenvalue weighted by Gasteiger charge is -2.43. The summed E-state index contributed by atoms with van der Waals surface area (Å²) in [6.07, 6.45) is 0.793. The van der Waals surface area contributed by atoms with Gasteiger partial charge in [-0.1, -0.05) is 17.7 Å². The van der Waals surface area contributed by atoms with Crippen molar-refractivity contribution in [2.24, 2.45) is 0 Å². The van der Waals surface area contributed by atoms with Crippen LogP contribution in [0.25, 0.3) is 0 Å². The standard InChI is InChI=1S/C24H28FN2O3.ClH/c1-4-30-23(28)15-27(3)12-11-22-20(14-27)19-13-16(2)5-10-21(19)26(22)24(29)17-6-8-18(25)9-7-17;/h5-10,13,20,22H,4,11-12,14-15H2,1-3H3;1H/q+1;/p-1. The normalized spacial score (nSPS) is 24.1. The minimum atomic E-state index is -0.355. The van der Waals surface area contributed by atoms with Crippen molar-refractivity contribution in [3.63, 3.8) is 0 Å². The van der Waals surface area contributed by atoms with Crippen LogP contribution >= 0.6 is 0 Å². The Hall–Kier alpha value is -2.44. The van der Waals surface area contributed by atoms with Crippen LogP contribution in [0.1, 0.15) is 40.7 Å². The van der Waals surface area contributed by atoms with Crippen LogP contribution in [-0.2, 0) is 9.53 Å². The molecule has 4 rings (SSSR count). The number of piperidine rings is 1. The van der Waals surface area contributed by atoms with Crippen LogP contribution in [0, 0.1) is 12.7 Å². The Bertz CT molecular complexity index is 981. The number of hydrogen-bond acceptors (Lipinski definition) is 3. The molecule has 1 fully saturated rings. The number of esters is 1. The van der Waals surface area contributed by atoms with Crippen molar-refractivity contribution in [1.82, 2.24) is 0 Å². The van der Waals surface area contributed by atoms with E-state index in [1.807, 2.05) is 24.0 Å². The molecule has 0 N–H and O–H groups in total. The van der Waals surface area contributed by atoms with Crippen LogP contribution in [-0.4, -0.2) is 55.7 Å². The van der Waals surface area contributed by atoms with Crippen LogP contribution in [0.4, 0.5) is 10.1 Å². The highest BCUT2D eigenvalue weighted by Gasteiger charge is 2.49.